The second kappa shape index (κ2) is 5.37. The lowest BCUT2D eigenvalue weighted by molar-refractivity contribution is 0.0665. The number of fused-ring (bicyclic) bond motifs is 1. The molecule has 8 heteroatoms. The topological polar surface area (TPSA) is 86.0 Å². The number of hydrogen-bond acceptors (Lipinski definition) is 5. The van der Waals surface area contributed by atoms with E-state index in [1.54, 1.807) is 10.6 Å². The number of ether oxygens (including phenoxy) is 2. The fourth-order valence-corrected chi connectivity index (χ4v) is 2.47. The zero-order valence-electron chi connectivity index (χ0n) is 10.5. The zero-order chi connectivity index (χ0) is 14.1. The Labute approximate surface area is 122 Å². The largest absolute Gasteiger partial charge is 0.476 e. The van der Waals surface area contributed by atoms with Crippen molar-refractivity contribution in [1.82, 2.24) is 14.4 Å². The minimum Gasteiger partial charge on any atom is -0.476 e. The van der Waals surface area contributed by atoms with Gasteiger partial charge in [-0.1, -0.05) is 0 Å². The molecule has 0 aromatic carbocycles. The van der Waals surface area contributed by atoms with E-state index in [2.05, 4.69) is 25.9 Å². The Balaban J connectivity index is 1.89. The van der Waals surface area contributed by atoms with Crippen LogP contribution in [0.4, 0.5) is 0 Å². The fraction of sp³-hybridized carbons (Fsp3) is 0.417. The van der Waals surface area contributed by atoms with E-state index in [0.29, 0.717) is 22.7 Å². The molecule has 1 N–H and O–H groups in total. The van der Waals surface area contributed by atoms with Crippen molar-refractivity contribution in [3.63, 3.8) is 0 Å². The normalized spacial score (nSPS) is 18.6. The summed E-state index contributed by atoms with van der Waals surface area (Å²) in [6.07, 6.45) is 5.10. The monoisotopic (exact) mass is 341 g/mol. The molecule has 7 nitrogen and oxygen atoms in total. The smallest absolute Gasteiger partial charge is 0.356 e. The van der Waals surface area contributed by atoms with Gasteiger partial charge in [0.15, 0.2) is 5.69 Å². The van der Waals surface area contributed by atoms with Crippen molar-refractivity contribution in [2.24, 2.45) is 0 Å². The van der Waals surface area contributed by atoms with Gasteiger partial charge in [-0.15, -0.1) is 0 Å². The van der Waals surface area contributed by atoms with E-state index >= 15 is 0 Å². The molecule has 1 unspecified atom stereocenters. The van der Waals surface area contributed by atoms with Gasteiger partial charge in [0, 0.05) is 19.0 Å². The molecule has 0 amide bonds. The van der Waals surface area contributed by atoms with E-state index < -0.39 is 5.97 Å². The zero-order valence-corrected chi connectivity index (χ0v) is 12.0. The highest BCUT2D eigenvalue weighted by Gasteiger charge is 2.19. The SMILES string of the molecule is O=C(O)c1cn2cc(Br)nc(OCC3CCCO3)c2n1. The molecule has 0 aliphatic carbocycles. The maximum absolute atomic E-state index is 11.0. The molecule has 1 saturated heterocycles. The Morgan fingerprint density at radius 1 is 1.55 bits per heavy atom. The average molecular weight is 342 g/mol. The Bertz CT molecular complexity index is 651. The van der Waals surface area contributed by atoms with Crippen LogP contribution >= 0.6 is 15.9 Å². The lowest BCUT2D eigenvalue weighted by atomic mass is 10.2. The third kappa shape index (κ3) is 2.61. The van der Waals surface area contributed by atoms with Gasteiger partial charge < -0.3 is 14.6 Å². The first-order valence-electron chi connectivity index (χ1n) is 6.16. The first-order chi connectivity index (χ1) is 9.63. The van der Waals surface area contributed by atoms with Gasteiger partial charge in [-0.2, -0.15) is 0 Å². The van der Waals surface area contributed by atoms with Crippen LogP contribution in [-0.2, 0) is 4.74 Å². The molecular weight excluding hydrogens is 330 g/mol. The van der Waals surface area contributed by atoms with Gasteiger partial charge in [-0.25, -0.2) is 14.8 Å². The number of hydrogen-bond donors (Lipinski definition) is 1. The number of carbonyl (C=O) groups is 1. The number of halogens is 1. The Morgan fingerprint density at radius 2 is 2.40 bits per heavy atom. The van der Waals surface area contributed by atoms with Gasteiger partial charge in [0.2, 0.25) is 5.65 Å². The first kappa shape index (κ1) is 13.3. The maximum atomic E-state index is 11.0. The Kier molecular flexibility index (Phi) is 3.58. The third-order valence-corrected chi connectivity index (χ3v) is 3.41. The summed E-state index contributed by atoms with van der Waals surface area (Å²) in [6.45, 7) is 1.14. The van der Waals surface area contributed by atoms with Gasteiger partial charge in [-0.05, 0) is 28.8 Å². The molecule has 1 aliphatic rings. The standard InChI is InChI=1S/C12H12BrN3O4/c13-9-5-16-4-8(12(17)18)14-10(16)11(15-9)20-6-7-2-1-3-19-7/h4-5,7H,1-3,6H2,(H,17,18). The fourth-order valence-electron chi connectivity index (χ4n) is 2.09. The van der Waals surface area contributed by atoms with Crippen LogP contribution in [0, 0.1) is 0 Å². The summed E-state index contributed by atoms with van der Waals surface area (Å²) >= 11 is 3.26. The second-order valence-electron chi connectivity index (χ2n) is 4.48. The molecule has 3 heterocycles. The summed E-state index contributed by atoms with van der Waals surface area (Å²) in [5.41, 5.74) is 0.329. The molecule has 0 saturated carbocycles. The highest BCUT2D eigenvalue weighted by atomic mass is 79.9. The number of rotatable bonds is 4. The van der Waals surface area contributed by atoms with Crippen molar-refractivity contribution in [2.75, 3.05) is 13.2 Å². The minimum atomic E-state index is -1.09. The van der Waals surface area contributed by atoms with Crippen LogP contribution in [0.3, 0.4) is 0 Å². The summed E-state index contributed by atoms with van der Waals surface area (Å²) < 4.78 is 13.2. The van der Waals surface area contributed by atoms with Gasteiger partial charge in [-0.3, -0.25) is 4.40 Å². The van der Waals surface area contributed by atoms with Gasteiger partial charge in [0.25, 0.3) is 5.88 Å². The molecule has 106 valence electrons. The Hall–Kier alpha value is -1.67. The predicted molar refractivity (Wildman–Crippen MR) is 72.1 cm³/mol. The molecule has 3 rings (SSSR count). The molecule has 0 bridgehead atoms. The van der Waals surface area contributed by atoms with Crippen LogP contribution < -0.4 is 4.74 Å². The number of nitrogens with zero attached hydrogens (tertiary/aromatic N) is 3. The number of aromatic nitrogens is 3. The lowest BCUT2D eigenvalue weighted by Crippen LogP contribution is -2.17. The van der Waals surface area contributed by atoms with Crippen LogP contribution in [-0.4, -0.2) is 44.8 Å². The van der Waals surface area contributed by atoms with Crippen LogP contribution in [0.2, 0.25) is 0 Å². The summed E-state index contributed by atoms with van der Waals surface area (Å²) in [5.74, 6) is -0.794. The summed E-state index contributed by atoms with van der Waals surface area (Å²) in [7, 11) is 0. The molecule has 2 aromatic rings. The number of aromatic carboxylic acids is 1. The number of carboxylic acid groups (broad SMARTS) is 1. The van der Waals surface area contributed by atoms with Crippen molar-refractivity contribution in [3.05, 3.63) is 22.7 Å². The van der Waals surface area contributed by atoms with E-state index in [1.165, 1.54) is 6.20 Å². The van der Waals surface area contributed by atoms with E-state index in [1.807, 2.05) is 0 Å². The minimum absolute atomic E-state index is 0.0492. The molecule has 1 fully saturated rings. The van der Waals surface area contributed by atoms with E-state index in [9.17, 15) is 4.79 Å². The third-order valence-electron chi connectivity index (χ3n) is 3.03. The molecule has 1 aliphatic heterocycles. The van der Waals surface area contributed by atoms with Gasteiger partial charge in [0.05, 0.1) is 6.10 Å². The summed E-state index contributed by atoms with van der Waals surface area (Å²) in [4.78, 5) is 19.2. The lowest BCUT2D eigenvalue weighted by Gasteiger charge is -2.11. The van der Waals surface area contributed by atoms with Crippen molar-refractivity contribution >= 4 is 27.5 Å². The number of carboxylic acids is 1. The average Bonchev–Trinajstić information content (AvgIpc) is 3.04. The number of imidazole rings is 1. The van der Waals surface area contributed by atoms with E-state index in [4.69, 9.17) is 14.6 Å². The molecule has 20 heavy (non-hydrogen) atoms. The molecule has 1 atom stereocenters. The van der Waals surface area contributed by atoms with Gasteiger partial charge >= 0.3 is 5.97 Å². The van der Waals surface area contributed by atoms with Crippen LogP contribution in [0.15, 0.2) is 17.0 Å². The van der Waals surface area contributed by atoms with Crippen molar-refractivity contribution in [2.45, 2.75) is 18.9 Å². The highest BCUT2D eigenvalue weighted by molar-refractivity contribution is 9.10. The predicted octanol–water partition coefficient (Wildman–Crippen LogP) is 1.75. The first-order valence-corrected chi connectivity index (χ1v) is 6.96. The molecule has 2 aromatic heterocycles. The molecule has 0 radical (unpaired) electrons. The van der Waals surface area contributed by atoms with E-state index in [-0.39, 0.29) is 11.8 Å². The maximum Gasteiger partial charge on any atom is 0.356 e. The van der Waals surface area contributed by atoms with Crippen LogP contribution in [0.25, 0.3) is 5.65 Å². The van der Waals surface area contributed by atoms with Gasteiger partial charge in [0.1, 0.15) is 11.2 Å². The summed E-state index contributed by atoms with van der Waals surface area (Å²) in [5, 5.41) is 8.98. The van der Waals surface area contributed by atoms with Crippen molar-refractivity contribution in [1.29, 1.82) is 0 Å². The second-order valence-corrected chi connectivity index (χ2v) is 5.29. The van der Waals surface area contributed by atoms with Crippen LogP contribution in [0.1, 0.15) is 23.3 Å². The highest BCUT2D eigenvalue weighted by Crippen LogP contribution is 2.22. The Morgan fingerprint density at radius 3 is 3.10 bits per heavy atom. The summed E-state index contributed by atoms with van der Waals surface area (Å²) in [6, 6.07) is 0. The van der Waals surface area contributed by atoms with Crippen molar-refractivity contribution in [3.8, 4) is 5.88 Å². The van der Waals surface area contributed by atoms with E-state index in [0.717, 1.165) is 19.4 Å². The molecular formula is C12H12BrN3O4. The molecule has 0 spiro atoms. The van der Waals surface area contributed by atoms with Crippen molar-refractivity contribution < 1.29 is 19.4 Å². The quantitative estimate of drug-likeness (QED) is 0.911. The van der Waals surface area contributed by atoms with Crippen LogP contribution in [0.5, 0.6) is 5.88 Å².